The van der Waals surface area contributed by atoms with Gasteiger partial charge in [0.1, 0.15) is 5.82 Å². The molecule has 5 nitrogen and oxygen atoms in total. The van der Waals surface area contributed by atoms with Crippen molar-refractivity contribution in [3.63, 3.8) is 0 Å². The van der Waals surface area contributed by atoms with Crippen molar-refractivity contribution < 1.29 is 9.53 Å². The number of nitrogens with one attached hydrogen (secondary N) is 1. The van der Waals surface area contributed by atoms with E-state index in [-0.39, 0.29) is 0 Å². The van der Waals surface area contributed by atoms with E-state index in [1.165, 1.54) is 19.0 Å². The molecule has 1 aliphatic carbocycles. The van der Waals surface area contributed by atoms with E-state index in [1.807, 2.05) is 11.8 Å². The summed E-state index contributed by atoms with van der Waals surface area (Å²) in [6.45, 7) is 2.11. The van der Waals surface area contributed by atoms with Gasteiger partial charge >= 0.3 is 5.97 Å². The molecule has 0 saturated heterocycles. The van der Waals surface area contributed by atoms with Crippen LogP contribution in [-0.4, -0.2) is 35.1 Å². The zero-order valence-corrected chi connectivity index (χ0v) is 13.4. The largest absolute Gasteiger partial charge is 0.462 e. The van der Waals surface area contributed by atoms with Gasteiger partial charge in [-0.25, -0.2) is 9.78 Å². The number of pyridine rings is 1. The second-order valence-corrected chi connectivity index (χ2v) is 6.38. The fourth-order valence-electron chi connectivity index (χ4n) is 2.63. The van der Waals surface area contributed by atoms with Gasteiger partial charge in [0.2, 0.25) is 0 Å². The molecule has 116 valence electrons. The lowest BCUT2D eigenvalue weighted by Crippen LogP contribution is -2.29. The first-order valence-electron chi connectivity index (χ1n) is 7.36. The van der Waals surface area contributed by atoms with Crippen molar-refractivity contribution in [1.29, 1.82) is 0 Å². The number of carbonyl (C=O) groups is 1. The van der Waals surface area contributed by atoms with E-state index >= 15 is 0 Å². The van der Waals surface area contributed by atoms with Gasteiger partial charge in [-0.15, -0.1) is 0 Å². The summed E-state index contributed by atoms with van der Waals surface area (Å²) < 4.78 is 5.01. The first-order valence-corrected chi connectivity index (χ1v) is 8.64. The van der Waals surface area contributed by atoms with Crippen molar-refractivity contribution in [2.75, 3.05) is 23.9 Å². The maximum atomic E-state index is 11.8. The molecule has 0 aliphatic heterocycles. The third-order valence-corrected chi connectivity index (χ3v) is 4.84. The molecule has 0 bridgehead atoms. The lowest BCUT2D eigenvalue weighted by atomic mass is 9.95. The van der Waals surface area contributed by atoms with E-state index in [0.717, 1.165) is 12.8 Å². The normalized spacial score (nSPS) is 21.8. The Morgan fingerprint density at radius 3 is 3.10 bits per heavy atom. The van der Waals surface area contributed by atoms with E-state index in [2.05, 4.69) is 16.6 Å². The van der Waals surface area contributed by atoms with Crippen molar-refractivity contribution in [3.05, 3.63) is 17.8 Å². The number of carbonyl (C=O) groups excluding carboxylic acids is 1. The summed E-state index contributed by atoms with van der Waals surface area (Å²) >= 11 is 1.92. The first kappa shape index (κ1) is 15.9. The number of hydrogen-bond donors (Lipinski definition) is 2. The molecule has 1 aromatic rings. The number of anilines is 2. The molecule has 0 spiro atoms. The van der Waals surface area contributed by atoms with Crippen LogP contribution in [0.25, 0.3) is 0 Å². The number of hydrogen-bond acceptors (Lipinski definition) is 6. The van der Waals surface area contributed by atoms with E-state index in [4.69, 9.17) is 10.5 Å². The zero-order valence-electron chi connectivity index (χ0n) is 12.6. The van der Waals surface area contributed by atoms with Crippen LogP contribution in [0.4, 0.5) is 11.5 Å². The van der Waals surface area contributed by atoms with Crippen LogP contribution < -0.4 is 11.1 Å². The van der Waals surface area contributed by atoms with Crippen molar-refractivity contribution in [2.45, 2.75) is 43.9 Å². The third-order valence-electron chi connectivity index (χ3n) is 3.74. The SMILES string of the molecule is CCOC(=O)c1cc(NC2CCCC(SC)C2)ncc1N. The standard InChI is InChI=1S/C15H23N3O2S/c1-3-20-15(19)12-8-14(17-9-13(12)16)18-10-5-4-6-11(7-10)21-2/h8-11H,3-7,16H2,1-2H3,(H,17,18). The number of ether oxygens (including phenoxy) is 1. The molecule has 21 heavy (non-hydrogen) atoms. The van der Waals surface area contributed by atoms with Crippen LogP contribution in [0, 0.1) is 0 Å². The van der Waals surface area contributed by atoms with Gasteiger partial charge in [-0.05, 0) is 38.5 Å². The lowest BCUT2D eigenvalue weighted by molar-refractivity contribution is 0.0527. The minimum atomic E-state index is -0.397. The van der Waals surface area contributed by atoms with Gasteiger partial charge in [0.05, 0.1) is 24.1 Å². The summed E-state index contributed by atoms with van der Waals surface area (Å²) in [5, 5.41) is 4.13. The summed E-state index contributed by atoms with van der Waals surface area (Å²) in [7, 11) is 0. The number of rotatable bonds is 5. The van der Waals surface area contributed by atoms with Gasteiger partial charge in [0.25, 0.3) is 0 Å². The lowest BCUT2D eigenvalue weighted by Gasteiger charge is -2.29. The van der Waals surface area contributed by atoms with Crippen LogP contribution in [0.15, 0.2) is 12.3 Å². The van der Waals surface area contributed by atoms with E-state index in [9.17, 15) is 4.79 Å². The molecule has 2 atom stereocenters. The van der Waals surface area contributed by atoms with Gasteiger partial charge in [0, 0.05) is 11.3 Å². The minimum absolute atomic E-state index is 0.335. The van der Waals surface area contributed by atoms with Crippen LogP contribution in [0.3, 0.4) is 0 Å². The van der Waals surface area contributed by atoms with Gasteiger partial charge in [0.15, 0.2) is 0 Å². The highest BCUT2D eigenvalue weighted by atomic mass is 32.2. The number of aromatic nitrogens is 1. The van der Waals surface area contributed by atoms with Crippen molar-refractivity contribution in [1.82, 2.24) is 4.98 Å². The van der Waals surface area contributed by atoms with Crippen LogP contribution >= 0.6 is 11.8 Å². The Morgan fingerprint density at radius 2 is 2.38 bits per heavy atom. The second kappa shape index (κ2) is 7.54. The molecule has 1 aliphatic rings. The maximum absolute atomic E-state index is 11.8. The van der Waals surface area contributed by atoms with E-state index in [1.54, 1.807) is 13.0 Å². The molecule has 6 heteroatoms. The Balaban J connectivity index is 2.06. The Morgan fingerprint density at radius 1 is 1.57 bits per heavy atom. The first-order chi connectivity index (χ1) is 10.1. The topological polar surface area (TPSA) is 77.2 Å². The summed E-state index contributed by atoms with van der Waals surface area (Å²) in [5.41, 5.74) is 6.54. The molecule has 0 radical (unpaired) electrons. The van der Waals surface area contributed by atoms with Gasteiger partial charge < -0.3 is 15.8 Å². The van der Waals surface area contributed by atoms with E-state index in [0.29, 0.717) is 35.0 Å². The Kier molecular flexibility index (Phi) is 5.73. The highest BCUT2D eigenvalue weighted by Crippen LogP contribution is 2.29. The predicted octanol–water partition coefficient (Wildman–Crippen LogP) is 2.93. The number of esters is 1. The van der Waals surface area contributed by atoms with Crippen molar-refractivity contribution in [3.8, 4) is 0 Å². The summed E-state index contributed by atoms with van der Waals surface area (Å²) in [6.07, 6.45) is 8.45. The summed E-state index contributed by atoms with van der Waals surface area (Å²) in [4.78, 5) is 16.1. The highest BCUT2D eigenvalue weighted by molar-refractivity contribution is 7.99. The second-order valence-electron chi connectivity index (χ2n) is 5.24. The monoisotopic (exact) mass is 309 g/mol. The average Bonchev–Trinajstić information content (AvgIpc) is 2.49. The summed E-state index contributed by atoms with van der Waals surface area (Å²) in [6, 6.07) is 2.10. The number of nitrogens with two attached hydrogens (primary N) is 1. The molecule has 1 heterocycles. The smallest absolute Gasteiger partial charge is 0.340 e. The molecule has 3 N–H and O–H groups in total. The van der Waals surface area contributed by atoms with Gasteiger partial charge in [-0.3, -0.25) is 0 Å². The molecular weight excluding hydrogens is 286 g/mol. The predicted molar refractivity (Wildman–Crippen MR) is 87.8 cm³/mol. The maximum Gasteiger partial charge on any atom is 0.340 e. The fraction of sp³-hybridized carbons (Fsp3) is 0.600. The minimum Gasteiger partial charge on any atom is -0.462 e. The van der Waals surface area contributed by atoms with Gasteiger partial charge in [-0.2, -0.15) is 11.8 Å². The van der Waals surface area contributed by atoms with Crippen molar-refractivity contribution in [2.24, 2.45) is 0 Å². The highest BCUT2D eigenvalue weighted by Gasteiger charge is 2.22. The third kappa shape index (κ3) is 4.27. The average molecular weight is 309 g/mol. The Labute approximate surface area is 130 Å². The molecular formula is C15H23N3O2S. The van der Waals surface area contributed by atoms with Gasteiger partial charge in [-0.1, -0.05) is 6.42 Å². The van der Waals surface area contributed by atoms with Crippen LogP contribution in [0.1, 0.15) is 43.0 Å². The number of thioether (sulfide) groups is 1. The van der Waals surface area contributed by atoms with E-state index < -0.39 is 5.97 Å². The Bertz CT molecular complexity index is 496. The molecule has 1 fully saturated rings. The molecule has 0 amide bonds. The van der Waals surface area contributed by atoms with Crippen LogP contribution in [0.5, 0.6) is 0 Å². The zero-order chi connectivity index (χ0) is 15.2. The van der Waals surface area contributed by atoms with Crippen molar-refractivity contribution >= 4 is 29.2 Å². The molecule has 1 saturated carbocycles. The fourth-order valence-corrected chi connectivity index (χ4v) is 3.46. The molecule has 2 unspecified atom stereocenters. The van der Waals surface area contributed by atoms with Crippen LogP contribution in [-0.2, 0) is 4.74 Å². The van der Waals surface area contributed by atoms with Crippen LogP contribution in [0.2, 0.25) is 0 Å². The molecule has 0 aromatic carbocycles. The number of nitrogen functional groups attached to an aromatic ring is 1. The molecule has 1 aromatic heterocycles. The summed E-state index contributed by atoms with van der Waals surface area (Å²) in [5.74, 6) is 0.296. The quantitative estimate of drug-likeness (QED) is 0.814. The number of nitrogens with zero attached hydrogens (tertiary/aromatic N) is 1. The Hall–Kier alpha value is -1.43. The molecule has 2 rings (SSSR count).